The van der Waals surface area contributed by atoms with E-state index in [1.54, 1.807) is 12.3 Å². The molecule has 8 heteroatoms. The number of halogens is 2. The molecule has 0 radical (unpaired) electrons. The number of pyridine rings is 1. The van der Waals surface area contributed by atoms with Gasteiger partial charge in [-0.3, -0.25) is 9.59 Å². The topological polar surface area (TPSA) is 80.6 Å². The fourth-order valence-corrected chi connectivity index (χ4v) is 1.97. The second-order valence-electron chi connectivity index (χ2n) is 4.61. The normalized spacial score (nSPS) is 10.6. The van der Waals surface area contributed by atoms with Gasteiger partial charge in [-0.25, -0.2) is 9.37 Å². The molecule has 0 fully saturated rings. The molecule has 24 heavy (non-hydrogen) atoms. The molecule has 1 amide bonds. The van der Waals surface area contributed by atoms with E-state index in [0.717, 1.165) is 3.57 Å². The van der Waals surface area contributed by atoms with Crippen LogP contribution in [0.4, 0.5) is 10.2 Å². The van der Waals surface area contributed by atoms with E-state index in [4.69, 9.17) is 4.84 Å². The number of benzene rings is 1. The maximum atomic E-state index is 12.8. The molecule has 0 aliphatic rings. The predicted octanol–water partition coefficient (Wildman–Crippen LogP) is 3.04. The summed E-state index contributed by atoms with van der Waals surface area (Å²) >= 11 is 2.11. The van der Waals surface area contributed by atoms with E-state index in [9.17, 15) is 14.0 Å². The number of rotatable bonds is 7. The SMILES string of the molecule is O=C(CO/N=C\CC(=O)c1ccc(F)cc1)Nc1ccc(I)cn1. The van der Waals surface area contributed by atoms with Gasteiger partial charge in [-0.15, -0.1) is 0 Å². The molecule has 6 nitrogen and oxygen atoms in total. The first kappa shape index (κ1) is 18.0. The molecule has 0 spiro atoms. The summed E-state index contributed by atoms with van der Waals surface area (Å²) in [6.07, 6.45) is 2.87. The van der Waals surface area contributed by atoms with Gasteiger partial charge in [0.1, 0.15) is 11.6 Å². The van der Waals surface area contributed by atoms with Crippen LogP contribution in [0.15, 0.2) is 47.8 Å². The maximum Gasteiger partial charge on any atom is 0.266 e. The number of hydrogen-bond acceptors (Lipinski definition) is 5. The quantitative estimate of drug-likeness (QED) is 0.310. The smallest absolute Gasteiger partial charge is 0.266 e. The predicted molar refractivity (Wildman–Crippen MR) is 95.4 cm³/mol. The van der Waals surface area contributed by atoms with Crippen LogP contribution >= 0.6 is 22.6 Å². The standard InChI is InChI=1S/C16H13FIN3O3/c17-12-3-1-11(2-4-12)14(22)7-8-20-24-10-16(23)21-15-6-5-13(18)9-19-15/h1-6,8-9H,7,10H2,(H,19,21,23)/b20-8-. The fourth-order valence-electron chi connectivity index (χ4n) is 1.65. The Morgan fingerprint density at radius 2 is 2.00 bits per heavy atom. The van der Waals surface area contributed by atoms with Gasteiger partial charge >= 0.3 is 0 Å². The van der Waals surface area contributed by atoms with E-state index in [1.165, 1.54) is 30.5 Å². The van der Waals surface area contributed by atoms with Crippen molar-refractivity contribution in [2.75, 3.05) is 11.9 Å². The number of hydrogen-bond donors (Lipinski definition) is 1. The maximum absolute atomic E-state index is 12.8. The summed E-state index contributed by atoms with van der Waals surface area (Å²) in [5, 5.41) is 6.09. The third kappa shape index (κ3) is 6.03. The summed E-state index contributed by atoms with van der Waals surface area (Å²) in [4.78, 5) is 32.2. The Kier molecular flexibility index (Phi) is 6.79. The number of amides is 1. The summed E-state index contributed by atoms with van der Waals surface area (Å²) in [5.74, 6) is -0.628. The van der Waals surface area contributed by atoms with Crippen LogP contribution < -0.4 is 5.32 Å². The molecular weight excluding hydrogens is 428 g/mol. The van der Waals surface area contributed by atoms with E-state index < -0.39 is 11.7 Å². The Bertz CT molecular complexity index is 733. The van der Waals surface area contributed by atoms with E-state index in [2.05, 4.69) is 38.0 Å². The molecule has 0 atom stereocenters. The van der Waals surface area contributed by atoms with E-state index in [-0.39, 0.29) is 18.8 Å². The molecule has 1 aromatic heterocycles. The highest BCUT2D eigenvalue weighted by Gasteiger charge is 2.05. The molecule has 2 aromatic rings. The highest BCUT2D eigenvalue weighted by Crippen LogP contribution is 2.07. The largest absolute Gasteiger partial charge is 0.386 e. The Labute approximate surface area is 151 Å². The lowest BCUT2D eigenvalue weighted by molar-refractivity contribution is -0.120. The van der Waals surface area contributed by atoms with E-state index in [0.29, 0.717) is 11.4 Å². The number of carbonyl (C=O) groups excluding carboxylic acids is 2. The van der Waals surface area contributed by atoms with Crippen LogP contribution in [-0.2, 0) is 9.63 Å². The zero-order valence-corrected chi connectivity index (χ0v) is 14.6. The second-order valence-corrected chi connectivity index (χ2v) is 5.85. The Morgan fingerprint density at radius 3 is 2.67 bits per heavy atom. The van der Waals surface area contributed by atoms with Crippen molar-refractivity contribution in [3.05, 3.63) is 57.5 Å². The molecule has 0 saturated heterocycles. The highest BCUT2D eigenvalue weighted by molar-refractivity contribution is 14.1. The van der Waals surface area contributed by atoms with Gasteiger partial charge in [0.2, 0.25) is 0 Å². The zero-order chi connectivity index (χ0) is 17.4. The molecule has 2 rings (SSSR count). The Morgan fingerprint density at radius 1 is 1.25 bits per heavy atom. The minimum Gasteiger partial charge on any atom is -0.386 e. The summed E-state index contributed by atoms with van der Waals surface area (Å²) in [7, 11) is 0. The number of oxime groups is 1. The summed E-state index contributed by atoms with van der Waals surface area (Å²) in [5.41, 5.74) is 0.380. The van der Waals surface area contributed by atoms with Crippen molar-refractivity contribution in [3.63, 3.8) is 0 Å². The van der Waals surface area contributed by atoms with Crippen molar-refractivity contribution >= 4 is 46.3 Å². The van der Waals surface area contributed by atoms with Gasteiger partial charge in [-0.1, -0.05) is 5.16 Å². The number of ketones is 1. The molecule has 124 valence electrons. The van der Waals surface area contributed by atoms with Crippen LogP contribution in [0, 0.1) is 9.39 Å². The Balaban J connectivity index is 1.70. The van der Waals surface area contributed by atoms with Gasteiger partial charge in [-0.05, 0) is 59.0 Å². The second kappa shape index (κ2) is 9.06. The molecule has 1 N–H and O–H groups in total. The van der Waals surface area contributed by atoms with E-state index >= 15 is 0 Å². The highest BCUT2D eigenvalue weighted by atomic mass is 127. The number of Topliss-reactive ketones (excluding diaryl/α,β-unsaturated/α-hetero) is 1. The monoisotopic (exact) mass is 441 g/mol. The van der Waals surface area contributed by atoms with Crippen molar-refractivity contribution in [2.24, 2.45) is 5.16 Å². The average Bonchev–Trinajstić information content (AvgIpc) is 2.57. The molecule has 0 bridgehead atoms. The van der Waals surface area contributed by atoms with Crippen molar-refractivity contribution in [1.29, 1.82) is 0 Å². The third-order valence-electron chi connectivity index (χ3n) is 2.78. The average molecular weight is 441 g/mol. The number of nitrogens with one attached hydrogen (secondary N) is 1. The van der Waals surface area contributed by atoms with Crippen molar-refractivity contribution in [2.45, 2.75) is 6.42 Å². The van der Waals surface area contributed by atoms with Gasteiger partial charge < -0.3 is 10.2 Å². The molecule has 1 heterocycles. The number of aromatic nitrogens is 1. The number of anilines is 1. The molecule has 0 aliphatic heterocycles. The van der Waals surface area contributed by atoms with Crippen LogP contribution in [0.2, 0.25) is 0 Å². The van der Waals surface area contributed by atoms with Crippen LogP contribution in [0.3, 0.4) is 0 Å². The summed E-state index contributed by atoms with van der Waals surface area (Å²) < 4.78 is 13.7. The lowest BCUT2D eigenvalue weighted by atomic mass is 10.1. The molecule has 0 aliphatic carbocycles. The first-order chi connectivity index (χ1) is 11.5. The van der Waals surface area contributed by atoms with Crippen LogP contribution in [0.25, 0.3) is 0 Å². The van der Waals surface area contributed by atoms with Gasteiger partial charge in [0.25, 0.3) is 5.91 Å². The van der Waals surface area contributed by atoms with Gasteiger partial charge in [0.15, 0.2) is 12.4 Å². The lowest BCUT2D eigenvalue weighted by Crippen LogP contribution is -2.17. The minimum atomic E-state index is -0.411. The van der Waals surface area contributed by atoms with Gasteiger partial charge in [0, 0.05) is 21.8 Å². The van der Waals surface area contributed by atoms with Crippen LogP contribution in [0.5, 0.6) is 0 Å². The summed E-state index contributed by atoms with van der Waals surface area (Å²) in [6, 6.07) is 8.70. The summed E-state index contributed by atoms with van der Waals surface area (Å²) in [6.45, 7) is -0.297. The molecule has 0 saturated carbocycles. The van der Waals surface area contributed by atoms with Crippen LogP contribution in [0.1, 0.15) is 16.8 Å². The van der Waals surface area contributed by atoms with Crippen molar-refractivity contribution in [3.8, 4) is 0 Å². The fraction of sp³-hybridized carbons (Fsp3) is 0.125. The van der Waals surface area contributed by atoms with Crippen LogP contribution in [-0.4, -0.2) is 29.5 Å². The Hall–Kier alpha value is -2.36. The van der Waals surface area contributed by atoms with Crippen molar-refractivity contribution in [1.82, 2.24) is 4.98 Å². The van der Waals surface area contributed by atoms with Gasteiger partial charge in [0.05, 0.1) is 6.21 Å². The third-order valence-corrected chi connectivity index (χ3v) is 3.42. The molecule has 1 aromatic carbocycles. The minimum absolute atomic E-state index is 0.00801. The number of nitrogens with zero attached hydrogens (tertiary/aromatic N) is 2. The van der Waals surface area contributed by atoms with Gasteiger partial charge in [-0.2, -0.15) is 0 Å². The molecule has 0 unspecified atom stereocenters. The first-order valence-electron chi connectivity index (χ1n) is 6.88. The first-order valence-corrected chi connectivity index (χ1v) is 7.96. The van der Waals surface area contributed by atoms with Crippen molar-refractivity contribution < 1.29 is 18.8 Å². The van der Waals surface area contributed by atoms with E-state index in [1.807, 2.05) is 6.07 Å². The number of carbonyl (C=O) groups is 2. The lowest BCUT2D eigenvalue weighted by Gasteiger charge is -2.03. The molecular formula is C16H13FIN3O3. The zero-order valence-electron chi connectivity index (χ0n) is 12.4.